The lowest BCUT2D eigenvalue weighted by molar-refractivity contribution is -0.925. The van der Waals surface area contributed by atoms with E-state index in [0.717, 1.165) is 69.2 Å². The van der Waals surface area contributed by atoms with E-state index in [1.54, 1.807) is 0 Å². The van der Waals surface area contributed by atoms with Crippen molar-refractivity contribution in [3.8, 4) is 0 Å². The number of quaternary nitrogens is 1. The van der Waals surface area contributed by atoms with Gasteiger partial charge in [0.2, 0.25) is 0 Å². The molecule has 0 aliphatic heterocycles. The topological polar surface area (TPSA) is 46.5 Å². The number of carbonyl (C=O) groups is 1. The van der Waals surface area contributed by atoms with Crippen molar-refractivity contribution in [2.24, 2.45) is 5.92 Å². The molecule has 0 saturated heterocycles. The molecule has 1 aliphatic rings. The zero-order valence-corrected chi connectivity index (χ0v) is 18.2. The Morgan fingerprint density at radius 2 is 1.71 bits per heavy atom. The minimum Gasteiger partial charge on any atom is -0.463 e. The van der Waals surface area contributed by atoms with Gasteiger partial charge in [-0.1, -0.05) is 56.5 Å². The minimum absolute atomic E-state index is 0.0580. The molecule has 1 aliphatic carbocycles. The molecular formula is C24H40NO3+. The second kappa shape index (κ2) is 11.0. The van der Waals surface area contributed by atoms with E-state index < -0.39 is 11.6 Å². The van der Waals surface area contributed by atoms with Gasteiger partial charge in [0.25, 0.3) is 0 Å². The first-order chi connectivity index (χ1) is 13.5. The van der Waals surface area contributed by atoms with Crippen molar-refractivity contribution in [1.82, 2.24) is 0 Å². The van der Waals surface area contributed by atoms with E-state index in [2.05, 4.69) is 20.8 Å². The maximum atomic E-state index is 13.1. The summed E-state index contributed by atoms with van der Waals surface area (Å²) in [5, 5.41) is 11.5. The van der Waals surface area contributed by atoms with Gasteiger partial charge in [0.05, 0.1) is 32.8 Å². The second-order valence-electron chi connectivity index (χ2n) is 8.38. The number of rotatable bonds is 11. The van der Waals surface area contributed by atoms with Crippen molar-refractivity contribution in [2.45, 2.75) is 71.3 Å². The average molecular weight is 391 g/mol. The van der Waals surface area contributed by atoms with Crippen LogP contribution in [0.25, 0.3) is 0 Å². The maximum Gasteiger partial charge on any atom is 0.343 e. The molecule has 2 rings (SSSR count). The molecule has 0 amide bonds. The minimum atomic E-state index is -1.52. The highest BCUT2D eigenvalue weighted by atomic mass is 16.5. The molecule has 1 atom stereocenters. The van der Waals surface area contributed by atoms with Crippen LogP contribution in [0.2, 0.25) is 0 Å². The molecule has 1 saturated carbocycles. The van der Waals surface area contributed by atoms with Crippen LogP contribution in [0.5, 0.6) is 0 Å². The summed E-state index contributed by atoms with van der Waals surface area (Å²) >= 11 is 0. The molecule has 4 heteroatoms. The molecule has 4 nitrogen and oxygen atoms in total. The van der Waals surface area contributed by atoms with Gasteiger partial charge in [-0.2, -0.15) is 0 Å². The lowest BCUT2D eigenvalue weighted by Crippen LogP contribution is -2.49. The first kappa shape index (κ1) is 22.9. The predicted octanol–water partition coefficient (Wildman–Crippen LogP) is 4.65. The molecule has 28 heavy (non-hydrogen) atoms. The highest BCUT2D eigenvalue weighted by Gasteiger charge is 2.47. The monoisotopic (exact) mass is 390 g/mol. The Balaban J connectivity index is 2.03. The van der Waals surface area contributed by atoms with E-state index in [4.69, 9.17) is 4.74 Å². The first-order valence-corrected chi connectivity index (χ1v) is 11.3. The Hall–Kier alpha value is -1.39. The summed E-state index contributed by atoms with van der Waals surface area (Å²) in [7, 11) is 0. The van der Waals surface area contributed by atoms with Crippen molar-refractivity contribution >= 4 is 5.97 Å². The second-order valence-corrected chi connectivity index (χ2v) is 8.38. The summed E-state index contributed by atoms with van der Waals surface area (Å²) in [4.78, 5) is 13.1. The molecule has 0 bridgehead atoms. The van der Waals surface area contributed by atoms with E-state index in [9.17, 15) is 9.90 Å². The molecule has 158 valence electrons. The van der Waals surface area contributed by atoms with Gasteiger partial charge in [0.15, 0.2) is 5.60 Å². The Morgan fingerprint density at radius 3 is 2.29 bits per heavy atom. The normalized spacial score (nSPS) is 17.9. The van der Waals surface area contributed by atoms with Gasteiger partial charge in [-0.05, 0) is 38.7 Å². The predicted molar refractivity (Wildman–Crippen MR) is 114 cm³/mol. The standard InChI is InChI=1S/C24H40NO3/c1-4-18-25(5-2,6-3)19-13-20-28-23(26)24(27,21-14-9-7-10-15-21)22-16-11-8-12-17-22/h7,9-10,14-15,22,27H,4-6,8,11-13,16-20H2,1-3H3/q+1/t24-/m1/s1. The van der Waals surface area contributed by atoms with Gasteiger partial charge < -0.3 is 14.3 Å². The van der Waals surface area contributed by atoms with Crippen molar-refractivity contribution in [2.75, 3.05) is 32.8 Å². The van der Waals surface area contributed by atoms with Gasteiger partial charge >= 0.3 is 5.97 Å². The van der Waals surface area contributed by atoms with Crippen LogP contribution in [0.1, 0.15) is 71.3 Å². The number of nitrogens with zero attached hydrogens (tertiary/aromatic N) is 1. The average Bonchev–Trinajstić information content (AvgIpc) is 2.76. The van der Waals surface area contributed by atoms with Crippen molar-refractivity contribution in [1.29, 1.82) is 0 Å². The fourth-order valence-electron chi connectivity index (χ4n) is 4.85. The zero-order chi connectivity index (χ0) is 20.5. The molecule has 0 radical (unpaired) electrons. The molecule has 0 heterocycles. The van der Waals surface area contributed by atoms with Crippen LogP contribution in [0.15, 0.2) is 30.3 Å². The number of benzene rings is 1. The molecule has 1 N–H and O–H groups in total. The molecule has 1 aromatic carbocycles. The first-order valence-electron chi connectivity index (χ1n) is 11.3. The van der Waals surface area contributed by atoms with E-state index in [-0.39, 0.29) is 5.92 Å². The molecule has 0 spiro atoms. The van der Waals surface area contributed by atoms with Gasteiger partial charge in [0, 0.05) is 12.3 Å². The summed E-state index contributed by atoms with van der Waals surface area (Å²) in [6.45, 7) is 11.5. The lowest BCUT2D eigenvalue weighted by Gasteiger charge is -2.38. The highest BCUT2D eigenvalue weighted by Crippen LogP contribution is 2.40. The number of hydrogen-bond donors (Lipinski definition) is 1. The molecular weight excluding hydrogens is 350 g/mol. The Morgan fingerprint density at radius 1 is 1.07 bits per heavy atom. The molecule has 0 aromatic heterocycles. The summed E-state index contributed by atoms with van der Waals surface area (Å²) < 4.78 is 6.75. The fourth-order valence-corrected chi connectivity index (χ4v) is 4.85. The van der Waals surface area contributed by atoms with Gasteiger partial charge in [-0.25, -0.2) is 4.79 Å². The summed E-state index contributed by atoms with van der Waals surface area (Å²) in [6.07, 6.45) is 7.07. The summed E-state index contributed by atoms with van der Waals surface area (Å²) in [6, 6.07) is 9.39. The quantitative estimate of drug-likeness (QED) is 0.340. The van der Waals surface area contributed by atoms with Crippen molar-refractivity contribution in [3.05, 3.63) is 35.9 Å². The Bertz CT molecular complexity index is 579. The number of esters is 1. The number of ether oxygens (including phenoxy) is 1. The van der Waals surface area contributed by atoms with Crippen LogP contribution in [0.4, 0.5) is 0 Å². The fraction of sp³-hybridized carbons (Fsp3) is 0.708. The maximum absolute atomic E-state index is 13.1. The Kier molecular flexibility index (Phi) is 8.97. The van der Waals surface area contributed by atoms with Crippen LogP contribution < -0.4 is 0 Å². The summed E-state index contributed by atoms with van der Waals surface area (Å²) in [5.41, 5.74) is -0.850. The lowest BCUT2D eigenvalue weighted by atomic mass is 9.73. The van der Waals surface area contributed by atoms with E-state index in [0.29, 0.717) is 12.2 Å². The van der Waals surface area contributed by atoms with Crippen molar-refractivity contribution < 1.29 is 19.1 Å². The number of carbonyl (C=O) groups excluding carboxylic acids is 1. The van der Waals surface area contributed by atoms with Crippen LogP contribution >= 0.6 is 0 Å². The smallest absolute Gasteiger partial charge is 0.343 e. The number of hydrogen-bond acceptors (Lipinski definition) is 3. The third kappa shape index (κ3) is 5.36. The largest absolute Gasteiger partial charge is 0.463 e. The SMILES string of the molecule is CCC[N+](CC)(CC)CCCOC(=O)[C@@](O)(c1ccccc1)C1CCCCC1. The van der Waals surface area contributed by atoms with E-state index in [1.807, 2.05) is 30.3 Å². The van der Waals surface area contributed by atoms with Crippen LogP contribution in [-0.4, -0.2) is 48.3 Å². The highest BCUT2D eigenvalue weighted by molar-refractivity contribution is 5.81. The van der Waals surface area contributed by atoms with Gasteiger partial charge in [-0.15, -0.1) is 0 Å². The summed E-state index contributed by atoms with van der Waals surface area (Å²) in [5.74, 6) is -0.524. The van der Waals surface area contributed by atoms with Crippen LogP contribution in [0.3, 0.4) is 0 Å². The molecule has 0 unspecified atom stereocenters. The third-order valence-electron chi connectivity index (χ3n) is 6.77. The molecule has 1 aromatic rings. The van der Waals surface area contributed by atoms with Gasteiger partial charge in [0.1, 0.15) is 0 Å². The third-order valence-corrected chi connectivity index (χ3v) is 6.77. The number of aliphatic hydroxyl groups is 1. The van der Waals surface area contributed by atoms with E-state index in [1.165, 1.54) is 6.42 Å². The zero-order valence-electron chi connectivity index (χ0n) is 18.2. The van der Waals surface area contributed by atoms with E-state index >= 15 is 0 Å². The van der Waals surface area contributed by atoms with Crippen LogP contribution in [0, 0.1) is 5.92 Å². The van der Waals surface area contributed by atoms with Crippen LogP contribution in [-0.2, 0) is 15.1 Å². The molecule has 1 fully saturated rings. The van der Waals surface area contributed by atoms with Gasteiger partial charge in [-0.3, -0.25) is 0 Å². The van der Waals surface area contributed by atoms with Crippen molar-refractivity contribution in [3.63, 3.8) is 0 Å². The Labute approximate surface area is 171 Å².